The summed E-state index contributed by atoms with van der Waals surface area (Å²) in [5, 5.41) is 7.58. The van der Waals surface area contributed by atoms with Gasteiger partial charge in [0.2, 0.25) is 0 Å². The molecule has 3 aromatic carbocycles. The van der Waals surface area contributed by atoms with Crippen LogP contribution < -0.4 is 20.9 Å². The number of anilines is 3. The van der Waals surface area contributed by atoms with Crippen LogP contribution >= 0.6 is 0 Å². The predicted molar refractivity (Wildman–Crippen MR) is 139 cm³/mol. The van der Waals surface area contributed by atoms with E-state index in [1.807, 2.05) is 0 Å². The number of nitrogens with zero attached hydrogens (tertiary/aromatic N) is 2. The van der Waals surface area contributed by atoms with E-state index in [-0.39, 0.29) is 17.1 Å². The van der Waals surface area contributed by atoms with Gasteiger partial charge in [-0.1, -0.05) is 18.2 Å². The summed E-state index contributed by atoms with van der Waals surface area (Å²) in [5.41, 5.74) is -2.56. The number of benzene rings is 3. The first-order valence-corrected chi connectivity index (χ1v) is 12.5. The Bertz CT molecular complexity index is 1650. The average Bonchev–Trinajstić information content (AvgIpc) is 3.36. The van der Waals surface area contributed by atoms with E-state index in [9.17, 15) is 41.1 Å². The van der Waals surface area contributed by atoms with Gasteiger partial charge in [-0.2, -0.15) is 0 Å². The van der Waals surface area contributed by atoms with Crippen molar-refractivity contribution in [2.75, 3.05) is 10.2 Å². The Balaban J connectivity index is 1.45. The van der Waals surface area contributed by atoms with Gasteiger partial charge < -0.3 is 15.5 Å². The van der Waals surface area contributed by atoms with Crippen LogP contribution in [0.1, 0.15) is 36.6 Å². The van der Waals surface area contributed by atoms with E-state index in [4.69, 9.17) is 0 Å². The monoisotopic (exact) mass is 587 g/mol. The molecule has 3 N–H and O–H groups in total. The number of carbonyl (C=O) groups excluding carboxylic acids is 4. The molecule has 0 radical (unpaired) electrons. The molecular weight excluding hydrogens is 565 g/mol. The third-order valence-corrected chi connectivity index (χ3v) is 7.20. The van der Waals surface area contributed by atoms with Gasteiger partial charge in [0.05, 0.1) is 6.54 Å². The van der Waals surface area contributed by atoms with Crippen molar-refractivity contribution in [1.29, 1.82) is 0 Å². The molecule has 2 saturated heterocycles. The molecule has 0 spiro atoms. The highest BCUT2D eigenvalue weighted by Gasteiger charge is 2.54. The van der Waals surface area contributed by atoms with Crippen LogP contribution in [0.4, 0.5) is 48.6 Å². The van der Waals surface area contributed by atoms with E-state index in [0.717, 1.165) is 24.0 Å². The lowest BCUT2D eigenvalue weighted by atomic mass is 10.0. The summed E-state index contributed by atoms with van der Waals surface area (Å²) in [6.07, 6.45) is 0. The van der Waals surface area contributed by atoms with E-state index < -0.39 is 75.8 Å². The third kappa shape index (κ3) is 4.58. The maximum atomic E-state index is 14.9. The molecule has 6 amide bonds. The highest BCUT2D eigenvalue weighted by atomic mass is 19.2. The van der Waals surface area contributed by atoms with Crippen molar-refractivity contribution in [1.82, 2.24) is 15.5 Å². The summed E-state index contributed by atoms with van der Waals surface area (Å²) in [4.78, 5) is 51.1. The van der Waals surface area contributed by atoms with Crippen LogP contribution in [0, 0.1) is 36.0 Å². The van der Waals surface area contributed by atoms with Gasteiger partial charge in [-0.15, -0.1) is 0 Å². The Kier molecular flexibility index (Phi) is 6.87. The van der Waals surface area contributed by atoms with Crippen LogP contribution in [0.15, 0.2) is 42.5 Å². The maximum Gasteiger partial charge on any atom is 0.332 e. The van der Waals surface area contributed by atoms with Crippen molar-refractivity contribution in [3.8, 4) is 0 Å². The number of imide groups is 2. The molecule has 0 aromatic heterocycles. The molecule has 5 rings (SSSR count). The van der Waals surface area contributed by atoms with Gasteiger partial charge in [-0.05, 0) is 56.2 Å². The number of hydrogen-bond donors (Lipinski definition) is 3. The molecule has 3 aromatic rings. The number of rotatable bonds is 6. The van der Waals surface area contributed by atoms with Gasteiger partial charge in [0.25, 0.3) is 11.8 Å². The van der Waals surface area contributed by atoms with E-state index in [0.29, 0.717) is 16.8 Å². The van der Waals surface area contributed by atoms with Gasteiger partial charge in [0.1, 0.15) is 23.1 Å². The molecule has 2 aliphatic heterocycles. The Hall–Kier alpha value is -5.01. The van der Waals surface area contributed by atoms with Gasteiger partial charge >= 0.3 is 12.1 Å². The number of carbonyl (C=O) groups is 4. The first-order chi connectivity index (χ1) is 19.7. The molecule has 1 unspecified atom stereocenters. The third-order valence-electron chi connectivity index (χ3n) is 7.20. The lowest BCUT2D eigenvalue weighted by molar-refractivity contribution is -0.123. The van der Waals surface area contributed by atoms with Gasteiger partial charge in [-0.25, -0.2) is 36.4 Å². The number of hydrogen-bond acceptors (Lipinski definition) is 5. The highest BCUT2D eigenvalue weighted by molar-refractivity contribution is 6.23. The van der Waals surface area contributed by atoms with Gasteiger partial charge in [0.15, 0.2) is 23.3 Å². The zero-order valence-electron chi connectivity index (χ0n) is 22.2. The molecule has 2 aliphatic rings. The van der Waals surface area contributed by atoms with Crippen LogP contribution in [0.25, 0.3) is 0 Å². The number of halogens is 5. The minimum Gasteiger partial charge on any atom is -0.355 e. The van der Waals surface area contributed by atoms with Crippen molar-refractivity contribution in [2.24, 2.45) is 0 Å². The van der Waals surface area contributed by atoms with Crippen LogP contribution in [0.5, 0.6) is 0 Å². The lowest BCUT2D eigenvalue weighted by Crippen LogP contribution is -2.43. The molecule has 2 heterocycles. The zero-order valence-corrected chi connectivity index (χ0v) is 22.2. The second-order valence-electron chi connectivity index (χ2n) is 10.2. The van der Waals surface area contributed by atoms with E-state index in [1.165, 1.54) is 19.9 Å². The first kappa shape index (κ1) is 28.5. The van der Waals surface area contributed by atoms with Crippen molar-refractivity contribution in [3.63, 3.8) is 0 Å². The smallest absolute Gasteiger partial charge is 0.332 e. The first-order valence-electron chi connectivity index (χ1n) is 12.5. The van der Waals surface area contributed by atoms with Crippen molar-refractivity contribution in [2.45, 2.75) is 38.9 Å². The Morgan fingerprint density at radius 1 is 0.881 bits per heavy atom. The summed E-state index contributed by atoms with van der Waals surface area (Å²) in [5.74, 6) is -9.71. The standard InChI is InChI=1S/C28H22F5N5O4/c1-12-18(30)20(32)21(33)23(19(12)31)38-25(40)28(2,3)37(27(38)42)11-14-4-7-15(29)10-17(14)34-16-8-5-13(6-9-16)22-24(39)36-26(41)35-22/h4-10,22,34H,11H2,1-3H3,(H2,35,36,39,41). The number of amides is 6. The van der Waals surface area contributed by atoms with E-state index in [2.05, 4.69) is 16.0 Å². The van der Waals surface area contributed by atoms with Crippen molar-refractivity contribution >= 4 is 40.9 Å². The number of urea groups is 2. The summed E-state index contributed by atoms with van der Waals surface area (Å²) < 4.78 is 72.0. The average molecular weight is 588 g/mol. The Morgan fingerprint density at radius 2 is 1.55 bits per heavy atom. The fourth-order valence-electron chi connectivity index (χ4n) is 4.77. The normalized spacial score (nSPS) is 18.0. The summed E-state index contributed by atoms with van der Waals surface area (Å²) in [6.45, 7) is 3.10. The molecule has 0 bridgehead atoms. The van der Waals surface area contributed by atoms with Crippen LogP contribution in [-0.2, 0) is 16.1 Å². The highest BCUT2D eigenvalue weighted by Crippen LogP contribution is 2.39. The molecule has 0 saturated carbocycles. The Morgan fingerprint density at radius 3 is 2.17 bits per heavy atom. The number of nitrogens with one attached hydrogen (secondary N) is 3. The van der Waals surface area contributed by atoms with E-state index in [1.54, 1.807) is 24.3 Å². The lowest BCUT2D eigenvalue weighted by Gasteiger charge is -2.28. The minimum atomic E-state index is -2.03. The second kappa shape index (κ2) is 10.1. The van der Waals surface area contributed by atoms with Gasteiger partial charge in [-0.3, -0.25) is 14.9 Å². The largest absolute Gasteiger partial charge is 0.355 e. The fourth-order valence-corrected chi connectivity index (χ4v) is 4.77. The summed E-state index contributed by atoms with van der Waals surface area (Å²) in [7, 11) is 0. The molecule has 218 valence electrons. The SMILES string of the molecule is Cc1c(F)c(F)c(F)c(N2C(=O)N(Cc3ccc(F)cc3Nc3ccc(C4NC(=O)NC4=O)cc3)C(C)(C)C2=O)c1F. The zero-order chi connectivity index (χ0) is 30.7. The van der Waals surface area contributed by atoms with Crippen LogP contribution in [0.3, 0.4) is 0 Å². The van der Waals surface area contributed by atoms with Gasteiger partial charge in [0, 0.05) is 16.9 Å². The van der Waals surface area contributed by atoms with Crippen molar-refractivity contribution < 1.29 is 41.1 Å². The quantitative estimate of drug-likeness (QED) is 0.162. The molecule has 14 heteroatoms. The van der Waals surface area contributed by atoms with Crippen LogP contribution in [-0.4, -0.2) is 34.3 Å². The molecule has 0 aliphatic carbocycles. The molecule has 42 heavy (non-hydrogen) atoms. The molecule has 9 nitrogen and oxygen atoms in total. The topological polar surface area (TPSA) is 111 Å². The maximum absolute atomic E-state index is 14.9. The fraction of sp³-hybridized carbons (Fsp3) is 0.214. The van der Waals surface area contributed by atoms with Crippen LogP contribution in [0.2, 0.25) is 0 Å². The molecule has 1 atom stereocenters. The second-order valence-corrected chi connectivity index (χ2v) is 10.2. The molecular formula is C28H22F5N5O4. The van der Waals surface area contributed by atoms with Crippen molar-refractivity contribution in [3.05, 3.63) is 88.2 Å². The molecule has 2 fully saturated rings. The Labute approximate surface area is 235 Å². The summed E-state index contributed by atoms with van der Waals surface area (Å²) >= 11 is 0. The van der Waals surface area contributed by atoms with E-state index >= 15 is 0 Å². The summed E-state index contributed by atoms with van der Waals surface area (Å²) in [6, 6.07) is 7.11. The predicted octanol–water partition coefficient (Wildman–Crippen LogP) is 5.06. The minimum absolute atomic E-state index is 0.132.